The third-order valence-corrected chi connectivity index (χ3v) is 6.54. The first-order chi connectivity index (χ1) is 16.4. The minimum Gasteiger partial charge on any atom is -0.354 e. The van der Waals surface area contributed by atoms with Gasteiger partial charge in [-0.3, -0.25) is 14.6 Å². The van der Waals surface area contributed by atoms with Gasteiger partial charge in [-0.1, -0.05) is 0 Å². The largest absolute Gasteiger partial charge is 0.354 e. The Bertz CT molecular complexity index is 1150. The van der Waals surface area contributed by atoms with E-state index in [1.807, 2.05) is 31.0 Å². The Hall–Kier alpha value is -3.47. The normalized spacial score (nSPS) is 19.1. The molecule has 2 aliphatic rings. The number of aromatic nitrogens is 6. The number of rotatable bonds is 6. The lowest BCUT2D eigenvalue weighted by Crippen LogP contribution is -2.45. The van der Waals surface area contributed by atoms with E-state index in [0.29, 0.717) is 18.0 Å². The third kappa shape index (κ3) is 5.04. The van der Waals surface area contributed by atoms with Crippen LogP contribution in [0.15, 0.2) is 24.5 Å². The highest BCUT2D eigenvalue weighted by Crippen LogP contribution is 2.25. The minimum absolute atomic E-state index is 0.0407. The number of piperazine rings is 1. The molecule has 0 aliphatic carbocycles. The van der Waals surface area contributed by atoms with Crippen LogP contribution >= 0.6 is 0 Å². The number of aromatic amines is 1. The van der Waals surface area contributed by atoms with E-state index in [4.69, 9.17) is 9.97 Å². The molecule has 2 saturated heterocycles. The van der Waals surface area contributed by atoms with Gasteiger partial charge in [0.25, 0.3) is 5.91 Å². The molecule has 1 amide bonds. The molecule has 11 heteroatoms. The highest BCUT2D eigenvalue weighted by Gasteiger charge is 2.29. The van der Waals surface area contributed by atoms with Crippen molar-refractivity contribution in [1.29, 1.82) is 0 Å². The predicted octanol–water partition coefficient (Wildman–Crippen LogP) is 1.44. The molecule has 2 aliphatic heterocycles. The summed E-state index contributed by atoms with van der Waals surface area (Å²) in [7, 11) is 3.97. The van der Waals surface area contributed by atoms with Crippen molar-refractivity contribution in [3.63, 3.8) is 0 Å². The molecule has 0 bridgehead atoms. The molecule has 0 radical (unpaired) electrons. The average molecular weight is 465 g/mol. The van der Waals surface area contributed by atoms with Gasteiger partial charge in [0.2, 0.25) is 0 Å². The number of aryl methyl sites for hydroxylation is 2. The Labute approximate surface area is 199 Å². The van der Waals surface area contributed by atoms with Gasteiger partial charge in [0.1, 0.15) is 17.5 Å². The van der Waals surface area contributed by atoms with Crippen LogP contribution < -0.4 is 10.2 Å². The molecule has 11 nitrogen and oxygen atoms in total. The Morgan fingerprint density at radius 1 is 1.12 bits per heavy atom. The summed E-state index contributed by atoms with van der Waals surface area (Å²) in [6, 6.07) is 3.96. The van der Waals surface area contributed by atoms with E-state index >= 15 is 0 Å². The molecule has 1 atom stereocenters. The lowest BCUT2D eigenvalue weighted by atomic mass is 10.0. The second kappa shape index (κ2) is 9.41. The number of nitrogens with zero attached hydrogens (tertiary/aromatic N) is 8. The van der Waals surface area contributed by atoms with Gasteiger partial charge < -0.3 is 20.0 Å². The smallest absolute Gasteiger partial charge is 0.257 e. The van der Waals surface area contributed by atoms with Crippen molar-refractivity contribution < 1.29 is 4.79 Å². The molecule has 3 aromatic rings. The van der Waals surface area contributed by atoms with Gasteiger partial charge >= 0.3 is 0 Å². The van der Waals surface area contributed by atoms with E-state index in [1.54, 1.807) is 17.1 Å². The molecule has 3 aromatic heterocycles. The number of hydrogen-bond acceptors (Lipinski definition) is 8. The number of H-pyrrole nitrogens is 1. The van der Waals surface area contributed by atoms with Crippen LogP contribution in [0.3, 0.4) is 0 Å². The molecule has 34 heavy (non-hydrogen) atoms. The number of carbonyl (C=O) groups is 1. The Morgan fingerprint density at radius 2 is 1.94 bits per heavy atom. The van der Waals surface area contributed by atoms with E-state index in [2.05, 4.69) is 37.5 Å². The van der Waals surface area contributed by atoms with Crippen LogP contribution in [0.2, 0.25) is 0 Å². The summed E-state index contributed by atoms with van der Waals surface area (Å²) in [4.78, 5) is 29.1. The maximum Gasteiger partial charge on any atom is 0.257 e. The van der Waals surface area contributed by atoms with Crippen LogP contribution in [0.5, 0.6) is 0 Å². The second-order valence-electron chi connectivity index (χ2n) is 9.39. The molecule has 2 N–H and O–H groups in total. The molecule has 2 fully saturated rings. The van der Waals surface area contributed by atoms with Gasteiger partial charge in [0, 0.05) is 76.8 Å². The van der Waals surface area contributed by atoms with Gasteiger partial charge in [0.05, 0.1) is 11.8 Å². The number of amides is 1. The number of hydrogen-bond donors (Lipinski definition) is 2. The molecule has 5 rings (SSSR count). The lowest BCUT2D eigenvalue weighted by molar-refractivity contribution is 0.0787. The predicted molar refractivity (Wildman–Crippen MR) is 129 cm³/mol. The van der Waals surface area contributed by atoms with Gasteiger partial charge in [-0.15, -0.1) is 0 Å². The number of nitrogens with one attached hydrogen (secondary N) is 2. The summed E-state index contributed by atoms with van der Waals surface area (Å²) in [6.45, 7) is 7.31. The number of carbonyl (C=O) groups excluding carboxylic acids is 1. The van der Waals surface area contributed by atoms with Crippen molar-refractivity contribution in [1.82, 2.24) is 39.7 Å². The van der Waals surface area contributed by atoms with Gasteiger partial charge in [-0.2, -0.15) is 10.2 Å². The zero-order chi connectivity index (χ0) is 23.7. The van der Waals surface area contributed by atoms with Crippen LogP contribution in [-0.2, 0) is 13.5 Å². The number of likely N-dealkylation sites (N-methyl/N-ethyl adjacent to an activating group) is 1. The highest BCUT2D eigenvalue weighted by molar-refractivity contribution is 5.93. The second-order valence-corrected chi connectivity index (χ2v) is 9.39. The summed E-state index contributed by atoms with van der Waals surface area (Å²) in [5.41, 5.74) is 1.62. The average Bonchev–Trinajstić information content (AvgIpc) is 3.55. The summed E-state index contributed by atoms with van der Waals surface area (Å²) in [6.07, 6.45) is 5.07. The van der Waals surface area contributed by atoms with Crippen molar-refractivity contribution in [2.75, 3.05) is 56.5 Å². The van der Waals surface area contributed by atoms with E-state index in [0.717, 1.165) is 74.5 Å². The zero-order valence-corrected chi connectivity index (χ0v) is 20.0. The van der Waals surface area contributed by atoms with Crippen LogP contribution in [0.1, 0.15) is 28.3 Å². The zero-order valence-electron chi connectivity index (χ0n) is 20.0. The third-order valence-electron chi connectivity index (χ3n) is 6.54. The maximum atomic E-state index is 12.8. The molecular formula is C23H32N10O. The SMILES string of the molecule is Cc1cc(Nc2cc(N3CCN(C)CC3)nc(CC3CCN(C(=O)c4cnn(C)c4)C3)n2)n[nH]1. The van der Waals surface area contributed by atoms with Crippen molar-refractivity contribution in [3.8, 4) is 0 Å². The summed E-state index contributed by atoms with van der Waals surface area (Å²) >= 11 is 0. The van der Waals surface area contributed by atoms with Crippen LogP contribution in [-0.4, -0.2) is 92.0 Å². The molecule has 1 unspecified atom stereocenters. The number of likely N-dealkylation sites (tertiary alicyclic amines) is 1. The van der Waals surface area contributed by atoms with Crippen molar-refractivity contribution in [2.45, 2.75) is 19.8 Å². The molecular weight excluding hydrogens is 432 g/mol. The minimum atomic E-state index is 0.0407. The fourth-order valence-electron chi connectivity index (χ4n) is 4.61. The Kier molecular flexibility index (Phi) is 6.18. The molecule has 0 saturated carbocycles. The Morgan fingerprint density at radius 3 is 2.65 bits per heavy atom. The van der Waals surface area contributed by atoms with Crippen LogP contribution in [0.25, 0.3) is 0 Å². The first kappa shape index (κ1) is 22.3. The van der Waals surface area contributed by atoms with Gasteiger partial charge in [0.15, 0.2) is 5.82 Å². The lowest BCUT2D eigenvalue weighted by Gasteiger charge is -2.33. The molecule has 5 heterocycles. The van der Waals surface area contributed by atoms with Crippen molar-refractivity contribution in [3.05, 3.63) is 41.6 Å². The van der Waals surface area contributed by atoms with Crippen LogP contribution in [0.4, 0.5) is 17.5 Å². The van der Waals surface area contributed by atoms with E-state index < -0.39 is 0 Å². The van der Waals surface area contributed by atoms with Gasteiger partial charge in [-0.25, -0.2) is 9.97 Å². The first-order valence-corrected chi connectivity index (χ1v) is 11.8. The van der Waals surface area contributed by atoms with E-state index in [9.17, 15) is 4.79 Å². The summed E-state index contributed by atoms with van der Waals surface area (Å²) in [5, 5.41) is 14.7. The monoisotopic (exact) mass is 464 g/mol. The van der Waals surface area contributed by atoms with E-state index in [-0.39, 0.29) is 5.91 Å². The fourth-order valence-corrected chi connectivity index (χ4v) is 4.61. The van der Waals surface area contributed by atoms with E-state index in [1.165, 1.54) is 0 Å². The first-order valence-electron chi connectivity index (χ1n) is 11.8. The van der Waals surface area contributed by atoms with Crippen LogP contribution in [0, 0.1) is 12.8 Å². The number of anilines is 3. The summed E-state index contributed by atoms with van der Waals surface area (Å²) in [5.74, 6) is 3.58. The van der Waals surface area contributed by atoms with Crippen molar-refractivity contribution >= 4 is 23.4 Å². The Balaban J connectivity index is 1.32. The topological polar surface area (TPSA) is 111 Å². The molecule has 0 spiro atoms. The quantitative estimate of drug-likeness (QED) is 0.564. The standard InChI is InChI=1S/C23H32N10O/c1-16-10-21(29-28-16)26-20-12-22(32-8-6-30(2)7-9-32)27-19(25-20)11-17-4-5-33(14-17)23(34)18-13-24-31(3)15-18/h10,12-13,15,17H,4-9,11,14H2,1-3H3,(H2,25,26,27,28,29). The molecule has 180 valence electrons. The van der Waals surface area contributed by atoms with Crippen molar-refractivity contribution in [2.24, 2.45) is 13.0 Å². The maximum absolute atomic E-state index is 12.8. The fraction of sp³-hybridized carbons (Fsp3) is 0.522. The highest BCUT2D eigenvalue weighted by atomic mass is 16.2. The molecule has 0 aromatic carbocycles. The summed E-state index contributed by atoms with van der Waals surface area (Å²) < 4.78 is 1.66. The van der Waals surface area contributed by atoms with Gasteiger partial charge in [-0.05, 0) is 26.3 Å².